The molecule has 1 aromatic rings. The van der Waals surface area contributed by atoms with E-state index in [0.29, 0.717) is 0 Å². The zero-order valence-electron chi connectivity index (χ0n) is 11.5. The van der Waals surface area contributed by atoms with E-state index in [1.165, 1.54) is 49.9 Å². The molecular weight excluding hydrogens is 240 g/mol. The first-order valence-corrected chi connectivity index (χ1v) is 8.17. The van der Waals surface area contributed by atoms with Crippen LogP contribution in [0.15, 0.2) is 17.5 Å². The maximum Gasteiger partial charge on any atom is 0.0107 e. The first-order chi connectivity index (χ1) is 8.86. The Balaban J connectivity index is 1.52. The number of nitrogens with zero attached hydrogens (tertiary/aromatic N) is 1. The topological polar surface area (TPSA) is 15.3 Å². The second kappa shape index (κ2) is 7.93. The Morgan fingerprint density at radius 1 is 1.28 bits per heavy atom. The van der Waals surface area contributed by atoms with Gasteiger partial charge in [0.05, 0.1) is 0 Å². The highest BCUT2D eigenvalue weighted by Gasteiger charge is 2.16. The predicted molar refractivity (Wildman–Crippen MR) is 80.4 cm³/mol. The van der Waals surface area contributed by atoms with Crippen molar-refractivity contribution in [3.05, 3.63) is 22.4 Å². The van der Waals surface area contributed by atoms with E-state index in [4.69, 9.17) is 0 Å². The van der Waals surface area contributed by atoms with Crippen molar-refractivity contribution in [1.82, 2.24) is 10.2 Å². The van der Waals surface area contributed by atoms with E-state index >= 15 is 0 Å². The smallest absolute Gasteiger partial charge is 0.0107 e. The van der Waals surface area contributed by atoms with Crippen LogP contribution in [-0.2, 0) is 6.42 Å². The molecule has 0 spiro atoms. The Kier molecular flexibility index (Phi) is 6.18. The average molecular weight is 266 g/mol. The standard InChI is InChI=1S/C15H26N2S/c1-17(14-6-3-2-4-7-14)12-11-16-10-9-15-8-5-13-18-15/h5,8,13-14,16H,2-4,6-7,9-12H2,1H3. The third-order valence-electron chi connectivity index (χ3n) is 3.97. The quantitative estimate of drug-likeness (QED) is 0.763. The molecular formula is C15H26N2S. The number of nitrogens with one attached hydrogen (secondary N) is 1. The highest BCUT2D eigenvalue weighted by molar-refractivity contribution is 7.09. The van der Waals surface area contributed by atoms with E-state index in [1.807, 2.05) is 11.3 Å². The van der Waals surface area contributed by atoms with Crippen LogP contribution in [0.4, 0.5) is 0 Å². The van der Waals surface area contributed by atoms with E-state index < -0.39 is 0 Å². The van der Waals surface area contributed by atoms with Gasteiger partial charge in [-0.3, -0.25) is 0 Å². The highest BCUT2D eigenvalue weighted by Crippen LogP contribution is 2.21. The third kappa shape index (κ3) is 4.71. The van der Waals surface area contributed by atoms with Crippen molar-refractivity contribution in [2.75, 3.05) is 26.7 Å². The SMILES string of the molecule is CN(CCNCCc1cccs1)C1CCCCC1. The van der Waals surface area contributed by atoms with Crippen molar-refractivity contribution >= 4 is 11.3 Å². The minimum absolute atomic E-state index is 0.845. The second-order valence-corrected chi connectivity index (χ2v) is 6.38. The van der Waals surface area contributed by atoms with E-state index in [2.05, 4.69) is 34.8 Å². The average Bonchev–Trinajstić information content (AvgIpc) is 2.92. The summed E-state index contributed by atoms with van der Waals surface area (Å²) in [5, 5.41) is 5.72. The fraction of sp³-hybridized carbons (Fsp3) is 0.733. The zero-order chi connectivity index (χ0) is 12.6. The van der Waals surface area contributed by atoms with Crippen molar-refractivity contribution < 1.29 is 0 Å². The van der Waals surface area contributed by atoms with Crippen molar-refractivity contribution in [1.29, 1.82) is 0 Å². The number of hydrogen-bond donors (Lipinski definition) is 1. The van der Waals surface area contributed by atoms with E-state index in [-0.39, 0.29) is 0 Å². The molecule has 0 radical (unpaired) electrons. The van der Waals surface area contributed by atoms with Crippen LogP contribution in [0.3, 0.4) is 0 Å². The van der Waals surface area contributed by atoms with Crippen LogP contribution in [0, 0.1) is 0 Å². The maximum absolute atomic E-state index is 3.56. The number of hydrogen-bond acceptors (Lipinski definition) is 3. The van der Waals surface area contributed by atoms with Crippen LogP contribution >= 0.6 is 11.3 Å². The van der Waals surface area contributed by atoms with Crippen molar-refractivity contribution in [3.8, 4) is 0 Å². The molecule has 0 bridgehead atoms. The summed E-state index contributed by atoms with van der Waals surface area (Å²) in [6, 6.07) is 5.20. The molecule has 1 fully saturated rings. The lowest BCUT2D eigenvalue weighted by Gasteiger charge is -2.31. The van der Waals surface area contributed by atoms with E-state index in [9.17, 15) is 0 Å². The van der Waals surface area contributed by atoms with Gasteiger partial charge in [0, 0.05) is 30.6 Å². The van der Waals surface area contributed by atoms with Gasteiger partial charge >= 0.3 is 0 Å². The summed E-state index contributed by atoms with van der Waals surface area (Å²) in [5.74, 6) is 0. The van der Waals surface area contributed by atoms with Crippen LogP contribution in [0.2, 0.25) is 0 Å². The van der Waals surface area contributed by atoms with Crippen molar-refractivity contribution in [3.63, 3.8) is 0 Å². The van der Waals surface area contributed by atoms with Gasteiger partial charge in [-0.25, -0.2) is 0 Å². The van der Waals surface area contributed by atoms with Gasteiger partial charge in [0.15, 0.2) is 0 Å². The van der Waals surface area contributed by atoms with Crippen LogP contribution in [0.1, 0.15) is 37.0 Å². The Labute approximate surface area is 115 Å². The molecule has 102 valence electrons. The van der Waals surface area contributed by atoms with E-state index in [1.54, 1.807) is 0 Å². The Hall–Kier alpha value is -0.380. The lowest BCUT2D eigenvalue weighted by atomic mass is 9.94. The lowest BCUT2D eigenvalue weighted by Crippen LogP contribution is -2.38. The van der Waals surface area contributed by atoms with Crippen LogP contribution in [-0.4, -0.2) is 37.6 Å². The number of rotatable bonds is 7. The highest BCUT2D eigenvalue weighted by atomic mass is 32.1. The van der Waals surface area contributed by atoms with Gasteiger partial charge in [0.1, 0.15) is 0 Å². The molecule has 0 unspecified atom stereocenters. The van der Waals surface area contributed by atoms with Gasteiger partial charge < -0.3 is 10.2 Å². The van der Waals surface area contributed by atoms with Crippen molar-refractivity contribution in [2.24, 2.45) is 0 Å². The summed E-state index contributed by atoms with van der Waals surface area (Å²) in [4.78, 5) is 4.04. The largest absolute Gasteiger partial charge is 0.315 e. The molecule has 18 heavy (non-hydrogen) atoms. The molecule has 1 aromatic heterocycles. The minimum atomic E-state index is 0.845. The minimum Gasteiger partial charge on any atom is -0.315 e. The maximum atomic E-state index is 3.56. The normalized spacial score (nSPS) is 17.4. The number of thiophene rings is 1. The molecule has 1 N–H and O–H groups in total. The summed E-state index contributed by atoms with van der Waals surface area (Å²) in [6.45, 7) is 3.42. The molecule has 1 aliphatic rings. The second-order valence-electron chi connectivity index (χ2n) is 5.35. The van der Waals surface area contributed by atoms with Crippen LogP contribution in [0.5, 0.6) is 0 Å². The van der Waals surface area contributed by atoms with Gasteiger partial charge in [0.25, 0.3) is 0 Å². The Bertz CT molecular complexity index is 304. The first kappa shape index (κ1) is 14.0. The summed E-state index contributed by atoms with van der Waals surface area (Å²) in [6.07, 6.45) is 8.30. The van der Waals surface area contributed by atoms with Crippen LogP contribution < -0.4 is 5.32 Å². The van der Waals surface area contributed by atoms with Gasteiger partial charge in [-0.05, 0) is 37.8 Å². The number of likely N-dealkylation sites (N-methyl/N-ethyl adjacent to an activating group) is 1. The molecule has 2 nitrogen and oxygen atoms in total. The van der Waals surface area contributed by atoms with Gasteiger partial charge in [-0.15, -0.1) is 11.3 Å². The first-order valence-electron chi connectivity index (χ1n) is 7.29. The molecule has 2 rings (SSSR count). The van der Waals surface area contributed by atoms with Crippen molar-refractivity contribution in [2.45, 2.75) is 44.6 Å². The molecule has 0 aromatic carbocycles. The summed E-state index contributed by atoms with van der Waals surface area (Å²) < 4.78 is 0. The Morgan fingerprint density at radius 2 is 2.11 bits per heavy atom. The van der Waals surface area contributed by atoms with Gasteiger partial charge in [0.2, 0.25) is 0 Å². The fourth-order valence-electron chi connectivity index (χ4n) is 2.75. The summed E-state index contributed by atoms with van der Waals surface area (Å²) in [5.41, 5.74) is 0. The monoisotopic (exact) mass is 266 g/mol. The summed E-state index contributed by atoms with van der Waals surface area (Å²) in [7, 11) is 2.29. The molecule has 1 aliphatic carbocycles. The van der Waals surface area contributed by atoms with Gasteiger partial charge in [-0.2, -0.15) is 0 Å². The zero-order valence-corrected chi connectivity index (χ0v) is 12.3. The molecule has 0 amide bonds. The molecule has 0 aliphatic heterocycles. The molecule has 0 saturated heterocycles. The fourth-order valence-corrected chi connectivity index (χ4v) is 3.46. The molecule has 1 heterocycles. The molecule has 3 heteroatoms. The molecule has 1 saturated carbocycles. The lowest BCUT2D eigenvalue weighted by molar-refractivity contribution is 0.192. The van der Waals surface area contributed by atoms with Gasteiger partial charge in [-0.1, -0.05) is 25.3 Å². The van der Waals surface area contributed by atoms with Crippen LogP contribution in [0.25, 0.3) is 0 Å². The third-order valence-corrected chi connectivity index (χ3v) is 4.90. The van der Waals surface area contributed by atoms with E-state index in [0.717, 1.165) is 19.1 Å². The molecule has 0 atom stereocenters. The summed E-state index contributed by atoms with van der Waals surface area (Å²) >= 11 is 1.86. The Morgan fingerprint density at radius 3 is 2.83 bits per heavy atom. The predicted octanol–water partition coefficient (Wildman–Crippen LogP) is 3.14.